The molecule has 0 saturated carbocycles. The highest BCUT2D eigenvalue weighted by Gasteiger charge is 2.27. The van der Waals surface area contributed by atoms with Gasteiger partial charge in [-0.05, 0) is 88.4 Å². The molecular formula is C26H32FN5O2. The van der Waals surface area contributed by atoms with E-state index in [9.17, 15) is 19.2 Å². The molecular weight excluding hydrogens is 433 g/mol. The number of piperidine rings is 1. The average molecular weight is 466 g/mol. The van der Waals surface area contributed by atoms with E-state index >= 15 is 0 Å². The van der Waals surface area contributed by atoms with Gasteiger partial charge in [-0.25, -0.2) is 4.39 Å². The van der Waals surface area contributed by atoms with Crippen LogP contribution in [0.3, 0.4) is 0 Å². The molecule has 2 aromatic rings. The predicted molar refractivity (Wildman–Crippen MR) is 128 cm³/mol. The van der Waals surface area contributed by atoms with Gasteiger partial charge in [-0.3, -0.25) is 19.1 Å². The summed E-state index contributed by atoms with van der Waals surface area (Å²) in [5, 5.41) is 12.7. The number of halogens is 1. The lowest BCUT2D eigenvalue weighted by Crippen LogP contribution is -2.40. The summed E-state index contributed by atoms with van der Waals surface area (Å²) in [7, 11) is 0. The van der Waals surface area contributed by atoms with Crippen LogP contribution in [0.4, 0.5) is 10.2 Å². The maximum absolute atomic E-state index is 13.4. The summed E-state index contributed by atoms with van der Waals surface area (Å²) < 4.78 is 15.2. The molecule has 1 aromatic carbocycles. The van der Waals surface area contributed by atoms with Gasteiger partial charge in [0.15, 0.2) is 0 Å². The topological polar surface area (TPSA) is 81.4 Å². The van der Waals surface area contributed by atoms with Crippen LogP contribution in [-0.4, -0.2) is 58.9 Å². The Morgan fingerprint density at radius 2 is 1.74 bits per heavy atom. The van der Waals surface area contributed by atoms with Crippen molar-refractivity contribution < 1.29 is 14.0 Å². The highest BCUT2D eigenvalue weighted by molar-refractivity contribution is 5.93. The number of aromatic nitrogens is 1. The van der Waals surface area contributed by atoms with Gasteiger partial charge in [0.05, 0.1) is 12.1 Å². The Morgan fingerprint density at radius 1 is 1.09 bits per heavy atom. The average Bonchev–Trinajstić information content (AvgIpc) is 3.44. The van der Waals surface area contributed by atoms with E-state index < -0.39 is 0 Å². The van der Waals surface area contributed by atoms with Crippen LogP contribution in [0.5, 0.6) is 0 Å². The zero-order valence-electron chi connectivity index (χ0n) is 19.9. The minimum Gasteiger partial charge on any atom is -0.343 e. The number of carbonyl (C=O) groups is 2. The van der Waals surface area contributed by atoms with E-state index in [1.54, 1.807) is 16.7 Å². The van der Waals surface area contributed by atoms with Crippen LogP contribution < -0.4 is 5.32 Å². The smallest absolute Gasteiger partial charge is 0.239 e. The van der Waals surface area contributed by atoms with Crippen LogP contribution >= 0.6 is 0 Å². The fraction of sp³-hybridized carbons (Fsp3) is 0.500. The molecule has 0 aliphatic carbocycles. The number of benzene rings is 1. The largest absolute Gasteiger partial charge is 0.343 e. The Morgan fingerprint density at radius 3 is 2.35 bits per heavy atom. The monoisotopic (exact) mass is 465 g/mol. The summed E-state index contributed by atoms with van der Waals surface area (Å²) in [6.45, 7) is 7.27. The van der Waals surface area contributed by atoms with Gasteiger partial charge in [0.25, 0.3) is 0 Å². The van der Waals surface area contributed by atoms with Gasteiger partial charge in [0.2, 0.25) is 11.8 Å². The van der Waals surface area contributed by atoms with Crippen molar-refractivity contribution in [2.45, 2.75) is 46.0 Å². The van der Waals surface area contributed by atoms with Gasteiger partial charge < -0.3 is 10.2 Å². The summed E-state index contributed by atoms with van der Waals surface area (Å²) >= 11 is 0. The van der Waals surface area contributed by atoms with Crippen molar-refractivity contribution in [2.75, 3.05) is 38.0 Å². The molecule has 0 bridgehead atoms. The van der Waals surface area contributed by atoms with Gasteiger partial charge in [-0.15, -0.1) is 0 Å². The van der Waals surface area contributed by atoms with Gasteiger partial charge in [-0.2, -0.15) is 5.26 Å². The maximum atomic E-state index is 13.4. The molecule has 2 aliphatic heterocycles. The SMILES string of the molecule is Cc1c(C#N)c(NC(=O)CN2CCC(CC(=O)N3CCCC3)CC2)n(-c2ccc(F)cc2)c1C. The molecule has 0 radical (unpaired) electrons. The molecule has 7 nitrogen and oxygen atoms in total. The van der Waals surface area contributed by atoms with E-state index in [0.29, 0.717) is 29.4 Å². The third kappa shape index (κ3) is 5.15. The summed E-state index contributed by atoms with van der Waals surface area (Å²) in [6.07, 6.45) is 4.63. The molecule has 8 heteroatoms. The normalized spacial score (nSPS) is 17.1. The summed E-state index contributed by atoms with van der Waals surface area (Å²) in [6, 6.07) is 8.19. The lowest BCUT2D eigenvalue weighted by Gasteiger charge is -2.32. The lowest BCUT2D eigenvalue weighted by atomic mass is 9.93. The van der Waals surface area contributed by atoms with Crippen LogP contribution in [-0.2, 0) is 9.59 Å². The number of nitriles is 1. The molecule has 2 saturated heterocycles. The van der Waals surface area contributed by atoms with Crippen molar-refractivity contribution >= 4 is 17.6 Å². The number of likely N-dealkylation sites (tertiary alicyclic amines) is 2. The minimum absolute atomic E-state index is 0.191. The van der Waals surface area contributed by atoms with Gasteiger partial charge in [0, 0.05) is 30.9 Å². The van der Waals surface area contributed by atoms with Crippen molar-refractivity contribution in [3.05, 3.63) is 46.9 Å². The van der Waals surface area contributed by atoms with Crippen LogP contribution in [0.25, 0.3) is 5.69 Å². The Labute approximate surface area is 200 Å². The fourth-order valence-corrected chi connectivity index (χ4v) is 5.04. The van der Waals surface area contributed by atoms with Crippen LogP contribution in [0, 0.1) is 36.9 Å². The molecule has 3 heterocycles. The Hall–Kier alpha value is -3.18. The fourth-order valence-electron chi connectivity index (χ4n) is 5.04. The number of nitrogens with one attached hydrogen (secondary N) is 1. The van der Waals surface area contributed by atoms with Gasteiger partial charge in [0.1, 0.15) is 17.7 Å². The molecule has 34 heavy (non-hydrogen) atoms. The second-order valence-corrected chi connectivity index (χ2v) is 9.42. The zero-order valence-corrected chi connectivity index (χ0v) is 19.9. The number of anilines is 1. The zero-order chi connectivity index (χ0) is 24.2. The van der Waals surface area contributed by atoms with Crippen LogP contribution in [0.15, 0.2) is 24.3 Å². The Balaban J connectivity index is 1.38. The first-order valence-electron chi connectivity index (χ1n) is 12.0. The molecule has 1 aromatic heterocycles. The van der Waals surface area contributed by atoms with Crippen molar-refractivity contribution in [2.24, 2.45) is 5.92 Å². The van der Waals surface area contributed by atoms with Crippen LogP contribution in [0.1, 0.15) is 48.9 Å². The maximum Gasteiger partial charge on any atom is 0.239 e. The number of carbonyl (C=O) groups excluding carboxylic acids is 2. The highest BCUT2D eigenvalue weighted by atomic mass is 19.1. The van der Waals surface area contributed by atoms with Crippen LogP contribution in [0.2, 0.25) is 0 Å². The molecule has 0 spiro atoms. The third-order valence-electron chi connectivity index (χ3n) is 7.16. The van der Waals surface area contributed by atoms with Crippen molar-refractivity contribution in [1.82, 2.24) is 14.4 Å². The highest BCUT2D eigenvalue weighted by Crippen LogP contribution is 2.30. The van der Waals surface area contributed by atoms with E-state index in [-0.39, 0.29) is 24.2 Å². The van der Waals surface area contributed by atoms with Crippen molar-refractivity contribution in [3.63, 3.8) is 0 Å². The summed E-state index contributed by atoms with van der Waals surface area (Å²) in [5.74, 6) is 0.523. The van der Waals surface area contributed by atoms with Gasteiger partial charge in [-0.1, -0.05) is 0 Å². The van der Waals surface area contributed by atoms with E-state index in [4.69, 9.17) is 0 Å². The predicted octanol–water partition coefficient (Wildman–Crippen LogP) is 3.77. The molecule has 2 amide bonds. The molecule has 2 fully saturated rings. The van der Waals surface area contributed by atoms with Crippen molar-refractivity contribution in [1.29, 1.82) is 5.26 Å². The number of nitrogens with zero attached hydrogens (tertiary/aromatic N) is 4. The quantitative estimate of drug-likeness (QED) is 0.704. The molecule has 2 aliphatic rings. The second kappa shape index (κ2) is 10.4. The number of hydrogen-bond donors (Lipinski definition) is 1. The van der Waals surface area contributed by atoms with E-state index in [1.165, 1.54) is 12.1 Å². The van der Waals surface area contributed by atoms with E-state index in [2.05, 4.69) is 16.3 Å². The first kappa shape index (κ1) is 24.0. The Bertz CT molecular complexity index is 1090. The van der Waals surface area contributed by atoms with E-state index in [1.807, 2.05) is 18.7 Å². The molecule has 180 valence electrons. The number of rotatable bonds is 6. The standard InChI is InChI=1S/C26H32FN5O2/c1-18-19(2)32(22-7-5-21(27)6-8-22)26(23(18)16-28)29-24(33)17-30-13-9-20(10-14-30)15-25(34)31-11-3-4-12-31/h5-8,20H,3-4,9-15,17H2,1-2H3,(H,29,33). The lowest BCUT2D eigenvalue weighted by molar-refractivity contribution is -0.131. The first-order chi connectivity index (χ1) is 16.4. The van der Waals surface area contributed by atoms with E-state index in [0.717, 1.165) is 63.1 Å². The molecule has 0 atom stereocenters. The minimum atomic E-state index is -0.345. The summed E-state index contributed by atoms with van der Waals surface area (Å²) in [5.41, 5.74) is 2.70. The van der Waals surface area contributed by atoms with Crippen molar-refractivity contribution in [3.8, 4) is 11.8 Å². The van der Waals surface area contributed by atoms with Gasteiger partial charge >= 0.3 is 0 Å². The molecule has 4 rings (SSSR count). The second-order valence-electron chi connectivity index (χ2n) is 9.42. The Kier molecular flexibility index (Phi) is 7.32. The number of hydrogen-bond acceptors (Lipinski definition) is 4. The third-order valence-corrected chi connectivity index (χ3v) is 7.16. The molecule has 1 N–H and O–H groups in total. The molecule has 0 unspecified atom stereocenters. The number of amides is 2. The first-order valence-corrected chi connectivity index (χ1v) is 12.0. The summed E-state index contributed by atoms with van der Waals surface area (Å²) in [4.78, 5) is 29.5.